The van der Waals surface area contributed by atoms with E-state index in [2.05, 4.69) is 15.5 Å². The van der Waals surface area contributed by atoms with Gasteiger partial charge in [0.25, 0.3) is 11.8 Å². The van der Waals surface area contributed by atoms with Crippen LogP contribution in [0, 0.1) is 0 Å². The van der Waals surface area contributed by atoms with Crippen molar-refractivity contribution in [3.05, 3.63) is 34.9 Å². The second-order valence-electron chi connectivity index (χ2n) is 9.04. The van der Waals surface area contributed by atoms with E-state index in [0.29, 0.717) is 23.1 Å². The molecule has 2 N–H and O–H groups in total. The molecular formula is C23H28N4O4. The average Bonchev–Trinajstić information content (AvgIpc) is 3.04. The fourth-order valence-corrected chi connectivity index (χ4v) is 5.51. The summed E-state index contributed by atoms with van der Waals surface area (Å²) in [5.74, 6) is -1.44. The first-order valence-electron chi connectivity index (χ1n) is 11.3. The van der Waals surface area contributed by atoms with Gasteiger partial charge in [-0.3, -0.25) is 29.4 Å². The highest BCUT2D eigenvalue weighted by molar-refractivity contribution is 6.23. The predicted molar refractivity (Wildman–Crippen MR) is 113 cm³/mol. The number of rotatable bonds is 3. The Labute approximate surface area is 181 Å². The standard InChI is InChI=1S/C23H28N4O4/c28-20-4-3-19(21(29)25-20)27-22(30)17-2-1-15(13-18(17)23(27)31)14-7-11-26(12-8-14)16-5-9-24-10-6-16/h1-2,13-14,16,19,24H,3-12H2,(H,25,28,29). The van der Waals surface area contributed by atoms with Gasteiger partial charge in [-0.25, -0.2) is 0 Å². The summed E-state index contributed by atoms with van der Waals surface area (Å²) in [7, 11) is 0. The molecule has 1 unspecified atom stereocenters. The maximum atomic E-state index is 13.1. The molecule has 4 amide bonds. The van der Waals surface area contributed by atoms with Crippen molar-refractivity contribution in [2.24, 2.45) is 0 Å². The van der Waals surface area contributed by atoms with Gasteiger partial charge in [-0.1, -0.05) is 6.07 Å². The second-order valence-corrected chi connectivity index (χ2v) is 9.04. The smallest absolute Gasteiger partial charge is 0.262 e. The van der Waals surface area contributed by atoms with Crippen LogP contribution in [0.1, 0.15) is 70.7 Å². The first-order valence-corrected chi connectivity index (χ1v) is 11.3. The number of carbonyl (C=O) groups is 4. The van der Waals surface area contributed by atoms with Crippen LogP contribution in [0.25, 0.3) is 0 Å². The number of nitrogens with one attached hydrogen (secondary N) is 2. The zero-order valence-corrected chi connectivity index (χ0v) is 17.6. The van der Waals surface area contributed by atoms with Crippen LogP contribution in [0.5, 0.6) is 0 Å². The molecule has 3 saturated heterocycles. The minimum absolute atomic E-state index is 0.130. The molecule has 164 valence electrons. The van der Waals surface area contributed by atoms with Gasteiger partial charge in [-0.2, -0.15) is 0 Å². The van der Waals surface area contributed by atoms with Crippen LogP contribution in [0.2, 0.25) is 0 Å². The van der Waals surface area contributed by atoms with Gasteiger partial charge in [-0.15, -0.1) is 0 Å². The number of hydrogen-bond acceptors (Lipinski definition) is 6. The molecule has 1 aromatic rings. The molecule has 8 nitrogen and oxygen atoms in total. The SMILES string of the molecule is O=C1CCC(N2C(=O)c3ccc(C4CCN(C5CCNCC5)CC4)cc3C2=O)C(=O)N1. The first kappa shape index (κ1) is 20.3. The van der Waals surface area contributed by atoms with E-state index in [1.807, 2.05) is 12.1 Å². The van der Waals surface area contributed by atoms with E-state index in [4.69, 9.17) is 0 Å². The fourth-order valence-electron chi connectivity index (χ4n) is 5.51. The number of benzene rings is 1. The number of carbonyl (C=O) groups excluding carboxylic acids is 4. The zero-order valence-electron chi connectivity index (χ0n) is 17.6. The van der Waals surface area contributed by atoms with Gasteiger partial charge in [0.1, 0.15) is 6.04 Å². The first-order chi connectivity index (χ1) is 15.0. The molecule has 0 radical (unpaired) electrons. The quantitative estimate of drug-likeness (QED) is 0.703. The van der Waals surface area contributed by atoms with Gasteiger partial charge >= 0.3 is 0 Å². The third-order valence-electron chi connectivity index (χ3n) is 7.29. The van der Waals surface area contributed by atoms with Crippen molar-refractivity contribution >= 4 is 23.6 Å². The summed E-state index contributed by atoms with van der Waals surface area (Å²) in [6.45, 7) is 4.30. The molecule has 1 aromatic carbocycles. The minimum Gasteiger partial charge on any atom is -0.317 e. The molecule has 0 spiro atoms. The van der Waals surface area contributed by atoms with E-state index in [9.17, 15) is 19.2 Å². The summed E-state index contributed by atoms with van der Waals surface area (Å²) in [4.78, 5) is 53.2. The minimum atomic E-state index is -0.915. The summed E-state index contributed by atoms with van der Waals surface area (Å²) in [5, 5.41) is 5.66. The molecule has 0 aromatic heterocycles. The molecule has 3 fully saturated rings. The molecule has 8 heteroatoms. The molecule has 4 aliphatic heterocycles. The van der Waals surface area contributed by atoms with Crippen molar-refractivity contribution in [1.29, 1.82) is 0 Å². The Morgan fingerprint density at radius 2 is 1.55 bits per heavy atom. The van der Waals surface area contributed by atoms with Gasteiger partial charge in [0.2, 0.25) is 11.8 Å². The maximum absolute atomic E-state index is 13.1. The van der Waals surface area contributed by atoms with Crippen LogP contribution < -0.4 is 10.6 Å². The Bertz CT molecular complexity index is 932. The number of fused-ring (bicyclic) bond motifs is 1. The second kappa shape index (κ2) is 8.16. The van der Waals surface area contributed by atoms with Crippen LogP contribution in [0.4, 0.5) is 0 Å². The number of piperidine rings is 3. The van der Waals surface area contributed by atoms with E-state index >= 15 is 0 Å². The number of hydrogen-bond donors (Lipinski definition) is 2. The number of imide groups is 2. The third kappa shape index (κ3) is 3.68. The van der Waals surface area contributed by atoms with Crippen molar-refractivity contribution in [1.82, 2.24) is 20.4 Å². The number of likely N-dealkylation sites (tertiary alicyclic amines) is 1. The van der Waals surface area contributed by atoms with Crippen LogP contribution in [0.3, 0.4) is 0 Å². The molecule has 1 atom stereocenters. The Kier molecular flexibility index (Phi) is 5.35. The van der Waals surface area contributed by atoms with Crippen LogP contribution in [0.15, 0.2) is 18.2 Å². The summed E-state index contributed by atoms with van der Waals surface area (Å²) in [6, 6.07) is 5.30. The number of amides is 4. The van der Waals surface area contributed by atoms with Gasteiger partial charge < -0.3 is 10.2 Å². The lowest BCUT2D eigenvalue weighted by molar-refractivity contribution is -0.136. The normalized spacial score (nSPS) is 26.3. The summed E-state index contributed by atoms with van der Waals surface area (Å²) in [6.07, 6.45) is 4.80. The highest BCUT2D eigenvalue weighted by atomic mass is 16.2. The van der Waals surface area contributed by atoms with Gasteiger partial charge in [-0.05, 0) is 81.9 Å². The summed E-state index contributed by atoms with van der Waals surface area (Å²) >= 11 is 0. The van der Waals surface area contributed by atoms with E-state index in [1.165, 1.54) is 12.8 Å². The van der Waals surface area contributed by atoms with Crippen molar-refractivity contribution in [2.75, 3.05) is 26.2 Å². The van der Waals surface area contributed by atoms with Crippen LogP contribution in [-0.2, 0) is 9.59 Å². The van der Waals surface area contributed by atoms with Crippen molar-refractivity contribution in [2.45, 2.75) is 56.5 Å². The Hall–Kier alpha value is -2.58. The van der Waals surface area contributed by atoms with Crippen molar-refractivity contribution in [3.8, 4) is 0 Å². The molecule has 5 rings (SSSR count). The molecule has 0 saturated carbocycles. The molecule has 31 heavy (non-hydrogen) atoms. The van der Waals surface area contributed by atoms with E-state index in [0.717, 1.165) is 49.5 Å². The third-order valence-corrected chi connectivity index (χ3v) is 7.29. The van der Waals surface area contributed by atoms with E-state index in [-0.39, 0.29) is 18.7 Å². The van der Waals surface area contributed by atoms with Crippen molar-refractivity contribution < 1.29 is 19.2 Å². The lowest BCUT2D eigenvalue weighted by Crippen LogP contribution is -2.54. The van der Waals surface area contributed by atoms with Crippen molar-refractivity contribution in [3.63, 3.8) is 0 Å². The van der Waals surface area contributed by atoms with Gasteiger partial charge in [0, 0.05) is 12.5 Å². The molecule has 4 aliphatic rings. The van der Waals surface area contributed by atoms with Gasteiger partial charge in [0.15, 0.2) is 0 Å². The summed E-state index contributed by atoms with van der Waals surface area (Å²) < 4.78 is 0. The topological polar surface area (TPSA) is 98.8 Å². The molecule has 4 heterocycles. The largest absolute Gasteiger partial charge is 0.317 e. The molecule has 0 bridgehead atoms. The highest BCUT2D eigenvalue weighted by Gasteiger charge is 2.44. The predicted octanol–water partition coefficient (Wildman–Crippen LogP) is 1.02. The van der Waals surface area contributed by atoms with Gasteiger partial charge in [0.05, 0.1) is 11.1 Å². The lowest BCUT2D eigenvalue weighted by atomic mass is 9.86. The van der Waals surface area contributed by atoms with Crippen LogP contribution in [-0.4, -0.2) is 71.7 Å². The molecular weight excluding hydrogens is 396 g/mol. The Morgan fingerprint density at radius 3 is 2.26 bits per heavy atom. The highest BCUT2D eigenvalue weighted by Crippen LogP contribution is 2.34. The Morgan fingerprint density at radius 1 is 0.839 bits per heavy atom. The van der Waals surface area contributed by atoms with E-state index < -0.39 is 23.8 Å². The lowest BCUT2D eigenvalue weighted by Gasteiger charge is -2.39. The zero-order chi connectivity index (χ0) is 21.5. The Balaban J connectivity index is 1.29. The van der Waals surface area contributed by atoms with E-state index in [1.54, 1.807) is 6.07 Å². The monoisotopic (exact) mass is 424 g/mol. The maximum Gasteiger partial charge on any atom is 0.262 e. The summed E-state index contributed by atoms with van der Waals surface area (Å²) in [5.41, 5.74) is 1.83. The average molecular weight is 425 g/mol. The fraction of sp³-hybridized carbons (Fsp3) is 0.565. The van der Waals surface area contributed by atoms with Crippen LogP contribution >= 0.6 is 0 Å². The number of nitrogens with zero attached hydrogens (tertiary/aromatic N) is 2. The molecule has 0 aliphatic carbocycles.